The minimum atomic E-state index is -0.353. The summed E-state index contributed by atoms with van der Waals surface area (Å²) >= 11 is 0. The quantitative estimate of drug-likeness (QED) is 0.490. The zero-order chi connectivity index (χ0) is 19.0. The van der Waals surface area contributed by atoms with Crippen LogP contribution in [0.5, 0.6) is 0 Å². The summed E-state index contributed by atoms with van der Waals surface area (Å²) in [4.78, 5) is 28.5. The lowest BCUT2D eigenvalue weighted by Gasteiger charge is -2.40. The summed E-state index contributed by atoms with van der Waals surface area (Å²) in [6, 6.07) is 21.9. The molecule has 4 nitrogen and oxygen atoms in total. The Morgan fingerprint density at radius 2 is 1.46 bits per heavy atom. The minimum Gasteiger partial charge on any atom is -0.274 e. The summed E-state index contributed by atoms with van der Waals surface area (Å²) in [5, 5.41) is 0. The van der Waals surface area contributed by atoms with Crippen molar-refractivity contribution in [2.75, 3.05) is 4.90 Å². The Morgan fingerprint density at radius 3 is 2.25 bits per heavy atom. The summed E-state index contributed by atoms with van der Waals surface area (Å²) < 4.78 is 2.21. The Bertz CT molecular complexity index is 1040. The maximum atomic E-state index is 13.5. The molecule has 0 spiro atoms. The van der Waals surface area contributed by atoms with E-state index < -0.39 is 0 Å². The Labute approximate surface area is 163 Å². The van der Waals surface area contributed by atoms with Crippen LogP contribution in [-0.2, 0) is 9.59 Å². The lowest BCUT2D eigenvalue weighted by Crippen LogP contribution is -2.59. The van der Waals surface area contributed by atoms with E-state index in [1.165, 1.54) is 16.0 Å². The van der Waals surface area contributed by atoms with Crippen molar-refractivity contribution in [3.63, 3.8) is 0 Å². The van der Waals surface area contributed by atoms with E-state index in [1.807, 2.05) is 61.7 Å². The van der Waals surface area contributed by atoms with Gasteiger partial charge in [0.15, 0.2) is 17.9 Å². The number of carbonyl (C=O) groups is 2. The van der Waals surface area contributed by atoms with Gasteiger partial charge >= 0.3 is 0 Å². The van der Waals surface area contributed by atoms with Crippen LogP contribution in [0.4, 0.5) is 5.69 Å². The van der Waals surface area contributed by atoms with Gasteiger partial charge < -0.3 is 0 Å². The van der Waals surface area contributed by atoms with Crippen molar-refractivity contribution in [3.8, 4) is 0 Å². The van der Waals surface area contributed by atoms with Crippen LogP contribution in [-0.4, -0.2) is 11.8 Å². The first-order chi connectivity index (χ1) is 13.7. The molecule has 4 atom stereocenters. The van der Waals surface area contributed by atoms with E-state index >= 15 is 0 Å². The molecule has 28 heavy (non-hydrogen) atoms. The van der Waals surface area contributed by atoms with Gasteiger partial charge in [-0.15, -0.1) is 0 Å². The molecule has 1 saturated heterocycles. The van der Waals surface area contributed by atoms with Crippen LogP contribution < -0.4 is 9.47 Å². The molecule has 3 aliphatic heterocycles. The number of hydrogen-bond acceptors (Lipinski definition) is 2. The molecule has 3 aromatic rings. The maximum Gasteiger partial charge on any atom is 0.244 e. The highest BCUT2D eigenvalue weighted by molar-refractivity contribution is 6.23. The smallest absolute Gasteiger partial charge is 0.244 e. The molecule has 2 amide bonds. The highest BCUT2D eigenvalue weighted by atomic mass is 16.2. The van der Waals surface area contributed by atoms with Crippen molar-refractivity contribution in [1.82, 2.24) is 0 Å². The summed E-state index contributed by atoms with van der Waals surface area (Å²) in [5.41, 5.74) is 5.26. The first kappa shape index (κ1) is 15.8. The fraction of sp³-hybridized carbons (Fsp3) is 0.208. The first-order valence-electron chi connectivity index (χ1n) is 9.70. The molecule has 4 unspecified atom stereocenters. The van der Waals surface area contributed by atoms with Gasteiger partial charge in [0, 0.05) is 17.7 Å². The maximum absolute atomic E-state index is 13.5. The number of aryl methyl sites for hydroxylation is 1. The van der Waals surface area contributed by atoms with Crippen LogP contribution in [0.2, 0.25) is 0 Å². The van der Waals surface area contributed by atoms with E-state index in [4.69, 9.17) is 0 Å². The normalized spacial score (nSPS) is 26.8. The Hall–Kier alpha value is -3.27. The number of nitrogens with zero attached hydrogens (tertiary/aromatic N) is 2. The number of benzene rings is 2. The Balaban J connectivity index is 1.57. The van der Waals surface area contributed by atoms with Gasteiger partial charge in [0.05, 0.1) is 17.5 Å². The average Bonchev–Trinajstić information content (AvgIpc) is 3.00. The summed E-state index contributed by atoms with van der Waals surface area (Å²) in [6.45, 7) is 2.00. The van der Waals surface area contributed by atoms with Crippen LogP contribution in [0.25, 0.3) is 0 Å². The third kappa shape index (κ3) is 1.82. The van der Waals surface area contributed by atoms with Crippen molar-refractivity contribution >= 4 is 17.5 Å². The second-order valence-corrected chi connectivity index (χ2v) is 7.98. The number of imide groups is 1. The third-order valence-electron chi connectivity index (χ3n) is 6.58. The number of amides is 2. The number of rotatable bonds is 1. The predicted molar refractivity (Wildman–Crippen MR) is 104 cm³/mol. The molecule has 1 aliphatic carbocycles. The van der Waals surface area contributed by atoms with E-state index in [0.29, 0.717) is 5.69 Å². The van der Waals surface area contributed by atoms with Crippen molar-refractivity contribution in [3.05, 3.63) is 95.3 Å². The SMILES string of the molecule is Cc1ccc(N2C(=O)C3C4c5ccccc5C(C3C2=O)[n+]2ccccc24)cc1. The van der Waals surface area contributed by atoms with Crippen LogP contribution in [0.15, 0.2) is 72.9 Å². The summed E-state index contributed by atoms with van der Waals surface area (Å²) in [6.07, 6.45) is 2.05. The van der Waals surface area contributed by atoms with Gasteiger partial charge in [-0.25, -0.2) is 4.90 Å². The number of carbonyl (C=O) groups excluding carboxylic acids is 2. The monoisotopic (exact) mass is 367 g/mol. The van der Waals surface area contributed by atoms with Gasteiger partial charge in [0.2, 0.25) is 11.8 Å². The molecule has 0 radical (unpaired) electrons. The van der Waals surface area contributed by atoms with Gasteiger partial charge in [-0.2, -0.15) is 4.57 Å². The third-order valence-corrected chi connectivity index (χ3v) is 6.58. The van der Waals surface area contributed by atoms with Gasteiger partial charge in [-0.1, -0.05) is 48.0 Å². The van der Waals surface area contributed by atoms with Gasteiger partial charge in [-0.05, 0) is 24.6 Å². The fourth-order valence-electron chi connectivity index (χ4n) is 5.45. The summed E-state index contributed by atoms with van der Waals surface area (Å²) in [7, 11) is 0. The minimum absolute atomic E-state index is 0.0709. The molecule has 136 valence electrons. The van der Waals surface area contributed by atoms with E-state index in [1.54, 1.807) is 0 Å². The molecule has 4 heterocycles. The highest BCUT2D eigenvalue weighted by Gasteiger charge is 2.66. The largest absolute Gasteiger partial charge is 0.274 e. The van der Waals surface area contributed by atoms with Gasteiger partial charge in [0.1, 0.15) is 5.92 Å². The number of hydrogen-bond donors (Lipinski definition) is 0. The van der Waals surface area contributed by atoms with Crippen LogP contribution in [0, 0.1) is 18.8 Å². The predicted octanol–water partition coefficient (Wildman–Crippen LogP) is 3.14. The zero-order valence-electron chi connectivity index (χ0n) is 15.4. The molecule has 0 N–H and O–H groups in total. The second-order valence-electron chi connectivity index (χ2n) is 7.98. The molecule has 0 saturated carbocycles. The lowest BCUT2D eigenvalue weighted by atomic mass is 9.63. The standard InChI is InChI=1S/C24H19N2O2/c1-14-9-11-15(12-10-14)26-23(27)20-19-16-6-2-3-7-17(16)22(21(20)24(26)28)25-13-5-4-8-18(19)25/h2-13,19-22H,1H3/q+1. The zero-order valence-corrected chi connectivity index (χ0v) is 15.4. The molecular weight excluding hydrogens is 348 g/mol. The lowest BCUT2D eigenvalue weighted by molar-refractivity contribution is -0.736. The fourth-order valence-corrected chi connectivity index (χ4v) is 5.45. The van der Waals surface area contributed by atoms with Gasteiger partial charge in [-0.3, -0.25) is 9.59 Å². The number of anilines is 1. The molecule has 7 rings (SSSR count). The van der Waals surface area contributed by atoms with E-state index in [9.17, 15) is 9.59 Å². The van der Waals surface area contributed by atoms with Crippen molar-refractivity contribution < 1.29 is 14.2 Å². The number of pyridine rings is 1. The molecule has 1 fully saturated rings. The van der Waals surface area contributed by atoms with Crippen LogP contribution in [0.1, 0.15) is 34.3 Å². The van der Waals surface area contributed by atoms with E-state index in [2.05, 4.69) is 22.8 Å². The van der Waals surface area contributed by atoms with Crippen molar-refractivity contribution in [2.24, 2.45) is 11.8 Å². The van der Waals surface area contributed by atoms with Crippen LogP contribution in [0.3, 0.4) is 0 Å². The highest BCUT2D eigenvalue weighted by Crippen LogP contribution is 2.55. The topological polar surface area (TPSA) is 41.3 Å². The van der Waals surface area contributed by atoms with E-state index in [0.717, 1.165) is 11.3 Å². The first-order valence-corrected chi connectivity index (χ1v) is 9.70. The molecular formula is C24H19N2O2+. The molecule has 1 aromatic heterocycles. The van der Waals surface area contributed by atoms with Gasteiger partial charge in [0.25, 0.3) is 0 Å². The molecule has 2 aromatic carbocycles. The van der Waals surface area contributed by atoms with Crippen LogP contribution >= 0.6 is 0 Å². The molecule has 4 heteroatoms. The molecule has 4 aliphatic rings. The Kier molecular flexibility index (Phi) is 3.03. The average molecular weight is 367 g/mol. The molecule has 2 bridgehead atoms. The van der Waals surface area contributed by atoms with E-state index in [-0.39, 0.29) is 35.6 Å². The summed E-state index contributed by atoms with van der Waals surface area (Å²) in [5.74, 6) is -0.923. The Morgan fingerprint density at radius 1 is 0.786 bits per heavy atom. The number of aromatic nitrogens is 1. The van der Waals surface area contributed by atoms with Crippen molar-refractivity contribution in [1.29, 1.82) is 0 Å². The second kappa shape index (κ2) is 5.38. The van der Waals surface area contributed by atoms with Crippen molar-refractivity contribution in [2.45, 2.75) is 18.9 Å².